The second-order valence-electron chi connectivity index (χ2n) is 23.2. The Morgan fingerprint density at radius 2 is 1.60 bits per heavy atom. The Morgan fingerprint density at radius 1 is 0.923 bits per heavy atom. The van der Waals surface area contributed by atoms with Gasteiger partial charge >= 0.3 is 18.2 Å². The largest absolute Gasteiger partial charge is 0.481 e. The number of anilines is 1. The minimum absolute atomic E-state index is 0.0156. The average Bonchev–Trinajstić information content (AvgIpc) is 4.05. The first kappa shape index (κ1) is 56.2. The number of nitrogens with two attached hydrogens (primary N) is 2. The molecule has 22 heteroatoms. The highest BCUT2D eigenvalue weighted by Crippen LogP contribution is 2.71. The third-order valence-electron chi connectivity index (χ3n) is 18.0. The number of carboxylic acid groups (broad SMARTS) is 1. The van der Waals surface area contributed by atoms with Crippen molar-refractivity contribution in [3.05, 3.63) is 89.0 Å². The van der Waals surface area contributed by atoms with Crippen LogP contribution >= 0.6 is 0 Å². The maximum Gasteiger partial charge on any atom is 0.409 e. The molecule has 2 aromatic rings. The van der Waals surface area contributed by atoms with E-state index in [0.717, 1.165) is 36.8 Å². The van der Waals surface area contributed by atoms with Gasteiger partial charge in [0.1, 0.15) is 32.0 Å². The highest BCUT2D eigenvalue weighted by Gasteiger charge is 2.76. The molecule has 1 heterocycles. The van der Waals surface area contributed by atoms with Gasteiger partial charge < -0.3 is 60.6 Å². The third-order valence-corrected chi connectivity index (χ3v) is 18.0. The van der Waals surface area contributed by atoms with Crippen LogP contribution in [0.5, 0.6) is 0 Å². The molecule has 10 rings (SSSR count). The molecule has 1 aliphatic heterocycles. The van der Waals surface area contributed by atoms with Crippen molar-refractivity contribution in [3.63, 3.8) is 0 Å². The number of likely N-dealkylation sites (N-methyl/N-ethyl adjacent to an activating group) is 2. The number of Topliss-reactive ketones (excluding diaryl/α,β-unsaturated/α-hetero) is 1. The number of carboxylic acids is 1. The summed E-state index contributed by atoms with van der Waals surface area (Å²) < 4.78 is 25.8. The molecule has 10 atom stereocenters. The molecule has 0 radical (unpaired) electrons. The molecule has 9 N–H and O–H groups in total. The van der Waals surface area contributed by atoms with E-state index < -0.39 is 109 Å². The fraction of sp³-hybridized carbons (Fsp3) is 0.571. The van der Waals surface area contributed by atoms with Gasteiger partial charge in [-0.25, -0.2) is 15.5 Å². The topological polar surface area (TPSA) is 318 Å². The number of nitrogens with zero attached hydrogens (tertiary/aromatic N) is 2. The van der Waals surface area contributed by atoms with E-state index >= 15 is 0 Å². The quantitative estimate of drug-likeness (QED) is 0.0882. The monoisotopic (exact) mass is 1080 g/mol. The number of ketones is 2. The minimum atomic E-state index is -1.55. The fourth-order valence-corrected chi connectivity index (χ4v) is 14.4. The summed E-state index contributed by atoms with van der Waals surface area (Å²) in [6.07, 6.45) is 6.99. The predicted octanol–water partition coefficient (Wildman–Crippen LogP) is 3.35. The van der Waals surface area contributed by atoms with E-state index in [1.807, 2.05) is 25.1 Å². The first-order chi connectivity index (χ1) is 37.0. The van der Waals surface area contributed by atoms with E-state index in [1.165, 1.54) is 34.5 Å². The molecule has 22 nitrogen and oxygen atoms in total. The van der Waals surface area contributed by atoms with Crippen LogP contribution < -0.4 is 27.6 Å². The molecule has 5 amide bonds. The zero-order valence-corrected chi connectivity index (χ0v) is 44.5. The van der Waals surface area contributed by atoms with E-state index in [0.29, 0.717) is 30.5 Å². The van der Waals surface area contributed by atoms with Crippen LogP contribution in [0, 0.1) is 34.0 Å². The Hall–Kier alpha value is -6.56. The Kier molecular flexibility index (Phi) is 15.8. The van der Waals surface area contributed by atoms with Crippen molar-refractivity contribution >= 4 is 53.1 Å². The van der Waals surface area contributed by atoms with E-state index in [9.17, 15) is 48.6 Å². The van der Waals surface area contributed by atoms with Crippen molar-refractivity contribution in [1.82, 2.24) is 20.4 Å². The summed E-state index contributed by atoms with van der Waals surface area (Å²) in [6.45, 7) is 2.31. The summed E-state index contributed by atoms with van der Waals surface area (Å²) in [7, 11) is 3.09. The van der Waals surface area contributed by atoms with E-state index in [1.54, 1.807) is 31.3 Å². The van der Waals surface area contributed by atoms with E-state index in [4.69, 9.17) is 30.6 Å². The van der Waals surface area contributed by atoms with Crippen LogP contribution in [0.4, 0.5) is 15.3 Å². The number of fused-ring (bicyclic) bond motifs is 7. The second kappa shape index (κ2) is 21.9. The highest BCUT2D eigenvalue weighted by atomic mass is 16.7. The molecule has 420 valence electrons. The number of aliphatic hydroxyl groups is 1. The number of carbonyl (C=O) groups excluding carboxylic acids is 7. The summed E-state index contributed by atoms with van der Waals surface area (Å²) in [5.41, 5.74) is 7.30. The first-order valence-electron chi connectivity index (χ1n) is 26.6. The molecule has 7 aliphatic carbocycles. The second-order valence-corrected chi connectivity index (χ2v) is 23.2. The molecule has 6 saturated carbocycles. The van der Waals surface area contributed by atoms with Crippen molar-refractivity contribution in [2.75, 3.05) is 52.3 Å². The summed E-state index contributed by atoms with van der Waals surface area (Å²) >= 11 is 0. The molecule has 2 bridgehead atoms. The third kappa shape index (κ3) is 10.8. The molecule has 0 unspecified atom stereocenters. The van der Waals surface area contributed by atoms with Crippen LogP contribution in [-0.2, 0) is 65.6 Å². The van der Waals surface area contributed by atoms with Crippen LogP contribution in [-0.4, -0.2) is 144 Å². The standard InChI is InChI=1S/C56H71N7O15/c1-52-18-17-37(65)21-35(52)11-14-38-39-22-43-56(42(66)26-64,78-49(77-43)34-9-5-32(6-10-34)23-54-29-55(57,30-54)31-54)53(39,2)24-41(47(38)52)76-51(73)63(4)20-19-62(3)50(72)74-27-33-7-12-36(13-8-33)60-48(71)40(15-16-46(69)70)61-44(67)25-59-45(68)28-75-58/h5-10,12-13,17-18,21,38-41,43,47,49,64H,11,14-16,19-20,22-31,57-58H2,1-4H3,(H,59,68)(H,60,71)(H,61,67)(H,69,70)/t38-,39-,40-,41-,43+,47+,49+,52-,53-,54?,55?,56+/m0/s1. The van der Waals surface area contributed by atoms with Gasteiger partial charge in [-0.3, -0.25) is 33.6 Å². The van der Waals surface area contributed by atoms with Crippen molar-refractivity contribution in [3.8, 4) is 0 Å². The summed E-state index contributed by atoms with van der Waals surface area (Å²) in [5.74, 6) is 0.485. The molecule has 1 saturated heterocycles. The predicted molar refractivity (Wildman–Crippen MR) is 277 cm³/mol. The lowest BCUT2D eigenvalue weighted by Crippen LogP contribution is -2.72. The Balaban J connectivity index is 0.821. The molecule has 0 aromatic heterocycles. The molecule has 0 spiro atoms. The number of benzene rings is 2. The number of nitrogens with one attached hydrogen (secondary N) is 3. The van der Waals surface area contributed by atoms with Gasteiger partial charge in [0.05, 0.1) is 12.6 Å². The molecular formula is C56H71N7O15. The van der Waals surface area contributed by atoms with Crippen molar-refractivity contribution < 1.29 is 72.4 Å². The zero-order valence-electron chi connectivity index (χ0n) is 44.5. The maximum atomic E-state index is 14.4. The van der Waals surface area contributed by atoms with Crippen LogP contribution in [0.15, 0.2) is 72.3 Å². The normalized spacial score (nSPS) is 32.0. The smallest absolute Gasteiger partial charge is 0.409 e. The number of carbonyl (C=O) groups is 8. The molecule has 7 fully saturated rings. The molecule has 78 heavy (non-hydrogen) atoms. The molecule has 8 aliphatic rings. The Morgan fingerprint density at radius 3 is 2.26 bits per heavy atom. The average molecular weight is 1080 g/mol. The maximum absolute atomic E-state index is 14.4. The van der Waals surface area contributed by atoms with Gasteiger partial charge in [0.25, 0.3) is 0 Å². The van der Waals surface area contributed by atoms with Crippen LogP contribution in [0.25, 0.3) is 0 Å². The first-order valence-corrected chi connectivity index (χ1v) is 26.6. The van der Waals surface area contributed by atoms with E-state index in [2.05, 4.69) is 39.8 Å². The number of rotatable bonds is 21. The van der Waals surface area contributed by atoms with Crippen LogP contribution in [0.2, 0.25) is 0 Å². The lowest BCUT2D eigenvalue weighted by molar-refractivity contribution is -0.201. The zero-order chi connectivity index (χ0) is 56.0. The highest BCUT2D eigenvalue weighted by molar-refractivity contribution is 6.01. The number of allylic oxidation sites excluding steroid dienone is 4. The summed E-state index contributed by atoms with van der Waals surface area (Å²) in [5, 5.41) is 27.1. The van der Waals surface area contributed by atoms with Gasteiger partial charge in [-0.15, -0.1) is 0 Å². The van der Waals surface area contributed by atoms with Gasteiger partial charge in [-0.05, 0) is 110 Å². The van der Waals surface area contributed by atoms with Gasteiger partial charge in [-0.2, -0.15) is 0 Å². The Bertz CT molecular complexity index is 2750. The Labute approximate surface area is 451 Å². The van der Waals surface area contributed by atoms with Gasteiger partial charge in [0, 0.05) is 67.1 Å². The number of hydrogen-bond acceptors (Lipinski definition) is 16. The van der Waals surface area contributed by atoms with Crippen molar-refractivity contribution in [1.29, 1.82) is 0 Å². The van der Waals surface area contributed by atoms with Crippen molar-refractivity contribution in [2.24, 2.45) is 45.6 Å². The lowest BCUT2D eigenvalue weighted by Gasteiger charge is -2.69. The lowest BCUT2D eigenvalue weighted by atomic mass is 9.38. The summed E-state index contributed by atoms with van der Waals surface area (Å²) in [4.78, 5) is 110. The van der Waals surface area contributed by atoms with Gasteiger partial charge in [-0.1, -0.05) is 61.9 Å². The fourth-order valence-electron chi connectivity index (χ4n) is 14.4. The molecular weight excluding hydrogens is 1010 g/mol. The van der Waals surface area contributed by atoms with Crippen LogP contribution in [0.1, 0.15) is 94.6 Å². The van der Waals surface area contributed by atoms with Crippen molar-refractivity contribution in [2.45, 2.75) is 120 Å². The minimum Gasteiger partial charge on any atom is -0.481 e. The number of aliphatic carboxylic acids is 1. The van der Waals surface area contributed by atoms with Gasteiger partial charge in [0.15, 0.2) is 23.5 Å². The SMILES string of the molecule is CN(CCN(C)C(=O)O[C@H]1C[C@@]2(C)[C@@H](C[C@H]3O[C@@H](c4ccc(CC56CC(N)(C5)C6)cc4)O[C@]32C(=O)CO)[C@@H]2CCC3=CC(=O)C=C[C@]3(C)[C@H]21)C(=O)OCc1ccc(NC(=O)[C@H](CCC(=O)O)NC(=O)CNC(=O)CON)cc1. The molecule has 2 aromatic carbocycles. The van der Waals surface area contributed by atoms with E-state index in [-0.39, 0.29) is 67.0 Å². The van der Waals surface area contributed by atoms with Gasteiger partial charge in [0.2, 0.25) is 17.7 Å². The summed E-state index contributed by atoms with van der Waals surface area (Å²) in [6, 6.07) is 13.2. The number of amides is 5. The number of ether oxygens (including phenoxy) is 4. The number of hydrogen-bond donors (Lipinski definition) is 7. The van der Waals surface area contributed by atoms with Crippen LogP contribution in [0.3, 0.4) is 0 Å². The number of aliphatic hydroxyl groups excluding tert-OH is 1.